The third-order valence-electron chi connectivity index (χ3n) is 7.74. The summed E-state index contributed by atoms with van der Waals surface area (Å²) in [7, 11) is 1.41. The highest BCUT2D eigenvalue weighted by Gasteiger charge is 2.21. The minimum atomic E-state index is -0.831. The molecule has 0 saturated heterocycles. The van der Waals surface area contributed by atoms with Gasteiger partial charge in [0, 0.05) is 49.9 Å². The third kappa shape index (κ3) is 9.30. The second kappa shape index (κ2) is 16.4. The predicted octanol–water partition coefficient (Wildman–Crippen LogP) is 1.74. The van der Waals surface area contributed by atoms with Gasteiger partial charge in [0.25, 0.3) is 11.5 Å². The Bertz CT molecular complexity index is 1790. The van der Waals surface area contributed by atoms with E-state index < -0.39 is 46.7 Å². The van der Waals surface area contributed by atoms with Crippen molar-refractivity contribution in [2.45, 2.75) is 58.7 Å². The number of carbonyl (C=O) groups excluding carboxylic acids is 4. The van der Waals surface area contributed by atoms with Gasteiger partial charge < -0.3 is 30.3 Å². The van der Waals surface area contributed by atoms with Crippen LogP contribution in [0, 0.1) is 12.7 Å². The van der Waals surface area contributed by atoms with Crippen LogP contribution in [0.2, 0.25) is 0 Å². The van der Waals surface area contributed by atoms with E-state index in [2.05, 4.69) is 20.9 Å². The number of halogens is 1. The van der Waals surface area contributed by atoms with Gasteiger partial charge in [-0.3, -0.25) is 33.5 Å². The summed E-state index contributed by atoms with van der Waals surface area (Å²) in [4.78, 5) is 79.7. The van der Waals surface area contributed by atoms with Crippen LogP contribution in [0.1, 0.15) is 54.1 Å². The fraction of sp³-hybridized carbons (Fsp3) is 0.394. The molecule has 0 unspecified atom stereocenters. The first-order valence-electron chi connectivity index (χ1n) is 15.6. The molecule has 0 aliphatic carbocycles. The van der Waals surface area contributed by atoms with Crippen LogP contribution in [-0.4, -0.2) is 70.9 Å². The lowest BCUT2D eigenvalue weighted by Crippen LogP contribution is -2.46. The molecule has 14 nitrogen and oxygen atoms in total. The molecular formula is C33H39FN6O8. The fourth-order valence-corrected chi connectivity index (χ4v) is 5.03. The van der Waals surface area contributed by atoms with Gasteiger partial charge in [-0.15, -0.1) is 0 Å². The Balaban J connectivity index is 1.56. The van der Waals surface area contributed by atoms with Gasteiger partial charge in [-0.25, -0.2) is 9.18 Å². The molecule has 5 rings (SSSR count). The Kier molecular flexibility index (Phi) is 12.1. The Labute approximate surface area is 275 Å². The number of H-pyrrole nitrogens is 1. The summed E-state index contributed by atoms with van der Waals surface area (Å²) >= 11 is 0. The maximum absolute atomic E-state index is 15.0. The number of hydrogen-bond acceptors (Lipinski definition) is 8. The zero-order valence-electron chi connectivity index (χ0n) is 27.0. The summed E-state index contributed by atoms with van der Waals surface area (Å²) in [5.41, 5.74) is -0.334. The zero-order chi connectivity index (χ0) is 34.8. The van der Waals surface area contributed by atoms with Gasteiger partial charge in [0.1, 0.15) is 12.6 Å². The molecule has 2 aromatic carbocycles. The zero-order valence-corrected chi connectivity index (χ0v) is 27.0. The molecule has 4 amide bonds. The average Bonchev–Trinajstić information content (AvgIpc) is 3.06. The van der Waals surface area contributed by atoms with Gasteiger partial charge in [-0.05, 0) is 62.1 Å². The van der Waals surface area contributed by atoms with Crippen LogP contribution in [0.25, 0.3) is 0 Å². The molecule has 3 heterocycles. The number of aromatic nitrogens is 2. The number of fused-ring (bicyclic) bond motifs is 16. The quantitative estimate of drug-likeness (QED) is 0.325. The van der Waals surface area contributed by atoms with Crippen molar-refractivity contribution in [3.63, 3.8) is 0 Å². The van der Waals surface area contributed by atoms with Crippen LogP contribution in [0.5, 0.6) is 17.2 Å². The van der Waals surface area contributed by atoms with E-state index in [0.29, 0.717) is 18.4 Å². The number of rotatable bonds is 4. The van der Waals surface area contributed by atoms with Crippen molar-refractivity contribution in [3.8, 4) is 17.2 Å². The second-order valence-corrected chi connectivity index (χ2v) is 11.3. The van der Waals surface area contributed by atoms with Crippen LogP contribution in [-0.2, 0) is 27.5 Å². The normalized spacial score (nSPS) is 16.7. The molecule has 4 N–H and O–H groups in total. The molecule has 1 aromatic heterocycles. The Hall–Kier alpha value is -5.47. The second-order valence-electron chi connectivity index (χ2n) is 11.3. The number of amides is 4. The van der Waals surface area contributed by atoms with Crippen LogP contribution in [0.15, 0.2) is 52.2 Å². The van der Waals surface area contributed by atoms with E-state index in [1.807, 2.05) is 0 Å². The highest BCUT2D eigenvalue weighted by Crippen LogP contribution is 2.34. The third-order valence-corrected chi connectivity index (χ3v) is 7.74. The minimum absolute atomic E-state index is 0.00360. The van der Waals surface area contributed by atoms with E-state index in [-0.39, 0.29) is 73.9 Å². The Morgan fingerprint density at radius 2 is 1.79 bits per heavy atom. The molecule has 15 heteroatoms. The number of nitrogens with one attached hydrogen (secondary N) is 4. The van der Waals surface area contributed by atoms with E-state index in [4.69, 9.17) is 9.47 Å². The fourth-order valence-electron chi connectivity index (χ4n) is 5.03. The summed E-state index contributed by atoms with van der Waals surface area (Å²) in [6.07, 6.45) is 2.20. The highest BCUT2D eigenvalue weighted by molar-refractivity contribution is 5.95. The number of nitrogens with zero attached hydrogens (tertiary/aromatic N) is 2. The van der Waals surface area contributed by atoms with E-state index in [1.54, 1.807) is 13.0 Å². The Morgan fingerprint density at radius 3 is 2.52 bits per heavy atom. The van der Waals surface area contributed by atoms with Crippen molar-refractivity contribution in [2.24, 2.45) is 0 Å². The molecule has 0 radical (unpaired) electrons. The first-order chi connectivity index (χ1) is 23.0. The molecule has 1 atom stereocenters. The minimum Gasteiger partial charge on any atom is -0.493 e. The predicted molar refractivity (Wildman–Crippen MR) is 172 cm³/mol. The average molecular weight is 667 g/mol. The smallest absolute Gasteiger partial charge is 0.328 e. The summed E-state index contributed by atoms with van der Waals surface area (Å²) < 4.78 is 27.3. The summed E-state index contributed by atoms with van der Waals surface area (Å²) in [5, 5.41) is 8.20. The maximum atomic E-state index is 15.0. The number of methoxy groups -OCH3 is 1. The number of aryl methyl sites for hydroxylation is 1. The van der Waals surface area contributed by atoms with Crippen molar-refractivity contribution < 1.29 is 33.0 Å². The van der Waals surface area contributed by atoms with Crippen LogP contribution < -0.4 is 36.7 Å². The molecule has 3 aromatic rings. The molecule has 0 fully saturated rings. The van der Waals surface area contributed by atoms with Gasteiger partial charge in [0.2, 0.25) is 17.7 Å². The van der Waals surface area contributed by atoms with Crippen molar-refractivity contribution in [2.75, 3.05) is 26.7 Å². The number of ether oxygens (including phenoxy) is 2. The van der Waals surface area contributed by atoms with Crippen LogP contribution in [0.4, 0.5) is 4.39 Å². The molecule has 4 bridgehead atoms. The van der Waals surface area contributed by atoms with E-state index in [9.17, 15) is 28.8 Å². The highest BCUT2D eigenvalue weighted by atomic mass is 19.1. The van der Waals surface area contributed by atoms with Gasteiger partial charge in [-0.1, -0.05) is 13.0 Å². The molecule has 0 saturated carbocycles. The van der Waals surface area contributed by atoms with Crippen molar-refractivity contribution in [1.29, 1.82) is 0 Å². The topological polar surface area (TPSA) is 181 Å². The van der Waals surface area contributed by atoms with Crippen molar-refractivity contribution in [1.82, 2.24) is 30.4 Å². The van der Waals surface area contributed by atoms with Crippen LogP contribution >= 0.6 is 0 Å². The number of hydrogen-bond donors (Lipinski definition) is 4. The van der Waals surface area contributed by atoms with Gasteiger partial charge in [-0.2, -0.15) is 0 Å². The lowest BCUT2D eigenvalue weighted by atomic mass is 10.1. The lowest BCUT2D eigenvalue weighted by Gasteiger charge is -2.23. The van der Waals surface area contributed by atoms with Crippen molar-refractivity contribution >= 4 is 23.6 Å². The largest absolute Gasteiger partial charge is 0.493 e. The van der Waals surface area contributed by atoms with Gasteiger partial charge in [0.05, 0.1) is 7.11 Å². The molecule has 48 heavy (non-hydrogen) atoms. The summed E-state index contributed by atoms with van der Waals surface area (Å²) in [5.74, 6) is -2.15. The summed E-state index contributed by atoms with van der Waals surface area (Å²) in [6, 6.07) is 7.84. The summed E-state index contributed by atoms with van der Waals surface area (Å²) in [6.45, 7) is 3.42. The molecular weight excluding hydrogens is 627 g/mol. The SMILES string of the molecule is CC[C@@H]1NC(=O)CCCN(C(=O)Cn2cc(C)c(=O)[nH]c2=O)CCCNC(=O)c2ccc(OC)c(c2)Oc2ccc(cc2F)CNC1=O. The van der Waals surface area contributed by atoms with Gasteiger partial charge >= 0.3 is 5.69 Å². The van der Waals surface area contributed by atoms with E-state index in [0.717, 1.165) is 4.57 Å². The molecule has 2 aliphatic heterocycles. The number of benzene rings is 2. The van der Waals surface area contributed by atoms with Crippen LogP contribution in [0.3, 0.4) is 0 Å². The molecule has 0 spiro atoms. The standard InChI is InChI=1S/C33H39FN6O8/c1-4-24-32(45)36-17-21-8-10-25(23(34)15-21)48-27-16-22(9-11-26(27)47-3)31(44)35-12-6-14-39(13-5-7-28(41)37-24)29(42)19-40-18-20(2)30(43)38-33(40)46/h8-11,15-16,18,24H,4-7,12-14,17,19H2,1-3H3,(H,35,44)(H,36,45)(H,37,41)(H,38,43,46)/t24-/m0/s1. The van der Waals surface area contributed by atoms with E-state index >= 15 is 4.39 Å². The molecule has 256 valence electrons. The Morgan fingerprint density at radius 1 is 1.02 bits per heavy atom. The lowest BCUT2D eigenvalue weighted by molar-refractivity contribution is -0.132. The van der Waals surface area contributed by atoms with E-state index in [1.165, 1.54) is 55.5 Å². The maximum Gasteiger partial charge on any atom is 0.328 e. The van der Waals surface area contributed by atoms with Crippen molar-refractivity contribution in [3.05, 3.63) is 85.9 Å². The number of carbonyl (C=O) groups is 4. The van der Waals surface area contributed by atoms with Gasteiger partial charge in [0.15, 0.2) is 23.1 Å². The number of aromatic amines is 1. The molecule has 2 aliphatic rings. The first kappa shape index (κ1) is 35.4. The first-order valence-corrected chi connectivity index (χ1v) is 15.6. The monoisotopic (exact) mass is 666 g/mol.